The van der Waals surface area contributed by atoms with Gasteiger partial charge in [-0.25, -0.2) is 0 Å². The molecule has 0 bridgehead atoms. The summed E-state index contributed by atoms with van der Waals surface area (Å²) in [4.78, 5) is 24.2. The summed E-state index contributed by atoms with van der Waals surface area (Å²) in [5.74, 6) is 0.624. The van der Waals surface area contributed by atoms with Gasteiger partial charge in [0.2, 0.25) is 5.91 Å². The zero-order valence-corrected chi connectivity index (χ0v) is 9.89. The van der Waals surface area contributed by atoms with Crippen LogP contribution in [0.2, 0.25) is 0 Å². The Kier molecular flexibility index (Phi) is 3.98. The molecule has 0 aromatic carbocycles. The summed E-state index contributed by atoms with van der Waals surface area (Å²) in [7, 11) is 0. The molecule has 0 aromatic heterocycles. The molecule has 6 heteroatoms. The van der Waals surface area contributed by atoms with Gasteiger partial charge in [-0.15, -0.1) is 0 Å². The van der Waals surface area contributed by atoms with Crippen molar-refractivity contribution in [1.82, 2.24) is 10.2 Å². The molecule has 1 aliphatic rings. The number of nitrogens with zero attached hydrogens (tertiary/aromatic N) is 1. The molecule has 0 spiro atoms. The molecule has 1 saturated heterocycles. The van der Waals surface area contributed by atoms with Crippen molar-refractivity contribution < 1.29 is 9.59 Å². The summed E-state index contributed by atoms with van der Waals surface area (Å²) >= 11 is 1.25. The van der Waals surface area contributed by atoms with Gasteiger partial charge in [-0.1, -0.05) is 11.8 Å². The lowest BCUT2D eigenvalue weighted by molar-refractivity contribution is -0.121. The summed E-state index contributed by atoms with van der Waals surface area (Å²) in [6, 6.07) is 0. The van der Waals surface area contributed by atoms with E-state index in [9.17, 15) is 9.59 Å². The first kappa shape index (κ1) is 12.3. The molecule has 0 saturated carbocycles. The molecule has 0 radical (unpaired) electrons. The highest BCUT2D eigenvalue weighted by atomic mass is 32.2. The SMILES string of the molecule is CC(C)(N)CNC(=O)CN1CCSC1=O. The first-order valence-electron chi connectivity index (χ1n) is 4.86. The Morgan fingerprint density at radius 2 is 2.33 bits per heavy atom. The summed E-state index contributed by atoms with van der Waals surface area (Å²) in [5.41, 5.74) is 5.30. The van der Waals surface area contributed by atoms with Crippen LogP contribution in [-0.4, -0.2) is 47.0 Å². The number of carbonyl (C=O) groups is 2. The van der Waals surface area contributed by atoms with E-state index < -0.39 is 5.54 Å². The molecule has 2 amide bonds. The van der Waals surface area contributed by atoms with Gasteiger partial charge in [-0.3, -0.25) is 9.59 Å². The van der Waals surface area contributed by atoms with Crippen LogP contribution < -0.4 is 11.1 Å². The molecular formula is C9H17N3O2S. The number of rotatable bonds is 4. The number of hydrogen-bond acceptors (Lipinski definition) is 4. The van der Waals surface area contributed by atoms with E-state index in [1.165, 1.54) is 11.8 Å². The average Bonchev–Trinajstić information content (AvgIpc) is 2.47. The lowest BCUT2D eigenvalue weighted by Gasteiger charge is -2.20. The van der Waals surface area contributed by atoms with E-state index in [2.05, 4.69) is 5.32 Å². The van der Waals surface area contributed by atoms with E-state index in [4.69, 9.17) is 5.73 Å². The van der Waals surface area contributed by atoms with Crippen LogP contribution in [0.25, 0.3) is 0 Å². The Bertz CT molecular complexity index is 263. The third kappa shape index (κ3) is 4.53. The lowest BCUT2D eigenvalue weighted by atomic mass is 10.1. The van der Waals surface area contributed by atoms with Gasteiger partial charge in [0.1, 0.15) is 6.54 Å². The zero-order valence-electron chi connectivity index (χ0n) is 9.08. The van der Waals surface area contributed by atoms with E-state index >= 15 is 0 Å². The molecule has 1 rings (SSSR count). The Morgan fingerprint density at radius 3 is 2.80 bits per heavy atom. The maximum Gasteiger partial charge on any atom is 0.282 e. The van der Waals surface area contributed by atoms with Gasteiger partial charge in [0.25, 0.3) is 5.24 Å². The van der Waals surface area contributed by atoms with Gasteiger partial charge in [0.05, 0.1) is 0 Å². The van der Waals surface area contributed by atoms with Crippen molar-refractivity contribution in [2.75, 3.05) is 25.4 Å². The first-order chi connectivity index (χ1) is 6.88. The molecule has 3 N–H and O–H groups in total. The van der Waals surface area contributed by atoms with Crippen LogP contribution in [0.1, 0.15) is 13.8 Å². The highest BCUT2D eigenvalue weighted by Crippen LogP contribution is 2.16. The summed E-state index contributed by atoms with van der Waals surface area (Å²) in [6.07, 6.45) is 0. The van der Waals surface area contributed by atoms with Crippen LogP contribution in [0.5, 0.6) is 0 Å². The molecule has 0 unspecified atom stereocenters. The minimum Gasteiger partial charge on any atom is -0.353 e. The van der Waals surface area contributed by atoms with E-state index in [1.54, 1.807) is 4.90 Å². The van der Waals surface area contributed by atoms with Crippen LogP contribution in [0.4, 0.5) is 4.79 Å². The van der Waals surface area contributed by atoms with Crippen LogP contribution in [0, 0.1) is 0 Å². The van der Waals surface area contributed by atoms with Crippen LogP contribution in [-0.2, 0) is 4.79 Å². The van der Waals surface area contributed by atoms with Gasteiger partial charge < -0.3 is 16.0 Å². The van der Waals surface area contributed by atoms with Gasteiger partial charge in [0.15, 0.2) is 0 Å². The number of carbonyl (C=O) groups excluding carboxylic acids is 2. The quantitative estimate of drug-likeness (QED) is 0.714. The van der Waals surface area contributed by atoms with Crippen molar-refractivity contribution in [3.05, 3.63) is 0 Å². The summed E-state index contributed by atoms with van der Waals surface area (Å²) in [6.45, 7) is 4.89. The lowest BCUT2D eigenvalue weighted by Crippen LogP contribution is -2.47. The highest BCUT2D eigenvalue weighted by Gasteiger charge is 2.23. The molecule has 1 fully saturated rings. The number of nitrogens with two attached hydrogens (primary N) is 1. The second kappa shape index (κ2) is 4.85. The second-order valence-corrected chi connectivity index (χ2v) is 5.35. The predicted molar refractivity (Wildman–Crippen MR) is 60.7 cm³/mol. The fourth-order valence-corrected chi connectivity index (χ4v) is 1.95. The Hall–Kier alpha value is -0.750. The smallest absolute Gasteiger partial charge is 0.282 e. The Labute approximate surface area is 93.7 Å². The topological polar surface area (TPSA) is 75.4 Å². The number of hydrogen-bond donors (Lipinski definition) is 2. The highest BCUT2D eigenvalue weighted by molar-refractivity contribution is 8.13. The van der Waals surface area contributed by atoms with Gasteiger partial charge in [-0.2, -0.15) is 0 Å². The first-order valence-corrected chi connectivity index (χ1v) is 5.84. The Balaban J connectivity index is 2.27. The molecule has 0 aromatic rings. The molecule has 0 atom stereocenters. The normalized spacial score (nSPS) is 17.0. The maximum absolute atomic E-state index is 11.4. The molecule has 86 valence electrons. The van der Waals surface area contributed by atoms with E-state index in [1.807, 2.05) is 13.8 Å². The van der Waals surface area contributed by atoms with Gasteiger partial charge in [-0.05, 0) is 13.8 Å². The number of thioether (sulfide) groups is 1. The van der Waals surface area contributed by atoms with E-state index in [0.717, 1.165) is 5.75 Å². The fraction of sp³-hybridized carbons (Fsp3) is 0.778. The fourth-order valence-electron chi connectivity index (χ4n) is 1.12. The monoisotopic (exact) mass is 231 g/mol. The van der Waals surface area contributed by atoms with Crippen LogP contribution in [0.15, 0.2) is 0 Å². The second-order valence-electron chi connectivity index (χ2n) is 4.30. The van der Waals surface area contributed by atoms with Crippen molar-refractivity contribution in [3.8, 4) is 0 Å². The largest absolute Gasteiger partial charge is 0.353 e. The van der Waals surface area contributed by atoms with E-state index in [0.29, 0.717) is 13.1 Å². The maximum atomic E-state index is 11.4. The number of nitrogens with one attached hydrogen (secondary N) is 1. The van der Waals surface area contributed by atoms with Crippen molar-refractivity contribution in [2.45, 2.75) is 19.4 Å². The third-order valence-corrected chi connectivity index (χ3v) is 2.81. The summed E-state index contributed by atoms with van der Waals surface area (Å²) < 4.78 is 0. The Morgan fingerprint density at radius 1 is 1.67 bits per heavy atom. The number of amides is 2. The molecule has 0 aliphatic carbocycles. The van der Waals surface area contributed by atoms with Crippen LogP contribution in [0.3, 0.4) is 0 Å². The molecule has 1 heterocycles. The standard InChI is InChI=1S/C9H17N3O2S/c1-9(2,10)6-11-7(13)5-12-3-4-15-8(12)14/h3-6,10H2,1-2H3,(H,11,13). The summed E-state index contributed by atoms with van der Waals surface area (Å²) in [5, 5.41) is 2.69. The van der Waals surface area contributed by atoms with Crippen molar-refractivity contribution in [1.29, 1.82) is 0 Å². The van der Waals surface area contributed by atoms with Crippen LogP contribution >= 0.6 is 11.8 Å². The third-order valence-electron chi connectivity index (χ3n) is 1.92. The minimum absolute atomic E-state index is 0.0165. The van der Waals surface area contributed by atoms with Crippen molar-refractivity contribution in [3.63, 3.8) is 0 Å². The zero-order chi connectivity index (χ0) is 11.5. The molecular weight excluding hydrogens is 214 g/mol. The average molecular weight is 231 g/mol. The predicted octanol–water partition coefficient (Wildman–Crippen LogP) is 0.00870. The van der Waals surface area contributed by atoms with Crippen molar-refractivity contribution in [2.24, 2.45) is 5.73 Å². The molecule has 1 aliphatic heterocycles. The van der Waals surface area contributed by atoms with Crippen molar-refractivity contribution >= 4 is 22.9 Å². The molecule has 15 heavy (non-hydrogen) atoms. The minimum atomic E-state index is -0.417. The van der Waals surface area contributed by atoms with Gasteiger partial charge in [0, 0.05) is 24.4 Å². The van der Waals surface area contributed by atoms with Gasteiger partial charge >= 0.3 is 0 Å². The van der Waals surface area contributed by atoms with E-state index in [-0.39, 0.29) is 17.7 Å². The molecule has 5 nitrogen and oxygen atoms in total.